The van der Waals surface area contributed by atoms with Gasteiger partial charge in [0.1, 0.15) is 11.0 Å². The zero-order valence-electron chi connectivity index (χ0n) is 14.4. The monoisotopic (exact) mass is 379 g/mol. The van der Waals surface area contributed by atoms with E-state index >= 15 is 0 Å². The van der Waals surface area contributed by atoms with Gasteiger partial charge in [-0.2, -0.15) is 0 Å². The number of nitrogens with one attached hydrogen (secondary N) is 1. The molecule has 0 radical (unpaired) electrons. The van der Waals surface area contributed by atoms with Crippen LogP contribution in [0.4, 0.5) is 0 Å². The first-order valence-corrected chi connectivity index (χ1v) is 10.6. The lowest BCUT2D eigenvalue weighted by molar-refractivity contribution is -0.116. The molecular weight excluding hydrogens is 358 g/mol. The minimum absolute atomic E-state index is 0.0759. The molecule has 0 bridgehead atoms. The molecule has 0 saturated carbocycles. The molecule has 1 aromatic heterocycles. The maximum atomic E-state index is 12.2. The molecule has 0 aliphatic heterocycles. The molecule has 0 spiro atoms. The summed E-state index contributed by atoms with van der Waals surface area (Å²) in [5.74, 6) is -0.697. The number of sulfone groups is 1. The average Bonchev–Trinajstić information content (AvgIpc) is 2.96. The second-order valence-corrected chi connectivity index (χ2v) is 9.48. The Hall–Kier alpha value is -1.99. The van der Waals surface area contributed by atoms with Gasteiger partial charge in [0, 0.05) is 28.1 Å². The van der Waals surface area contributed by atoms with Crippen molar-refractivity contribution in [3.8, 4) is 10.4 Å². The minimum atomic E-state index is -3.46. The van der Waals surface area contributed by atoms with Gasteiger partial charge in [-0.1, -0.05) is 12.1 Å². The summed E-state index contributed by atoms with van der Waals surface area (Å²) in [5, 5.41) is 1.59. The van der Waals surface area contributed by atoms with Gasteiger partial charge in [0.05, 0.1) is 0 Å². The van der Waals surface area contributed by atoms with E-state index in [2.05, 4.69) is 5.32 Å². The van der Waals surface area contributed by atoms with Crippen LogP contribution >= 0.6 is 11.3 Å². The summed E-state index contributed by atoms with van der Waals surface area (Å²) in [5.41, 5.74) is 1.54. The van der Waals surface area contributed by atoms with Gasteiger partial charge < -0.3 is 5.32 Å². The van der Waals surface area contributed by atoms with Crippen molar-refractivity contribution in [2.45, 2.75) is 25.5 Å². The molecule has 5 nitrogen and oxygen atoms in total. The maximum absolute atomic E-state index is 12.2. The van der Waals surface area contributed by atoms with Crippen molar-refractivity contribution >= 4 is 32.9 Å². The summed E-state index contributed by atoms with van der Waals surface area (Å²) in [7, 11) is -3.46. The molecule has 0 fully saturated rings. The van der Waals surface area contributed by atoms with Crippen molar-refractivity contribution < 1.29 is 18.0 Å². The minimum Gasteiger partial charge on any atom is -0.352 e. The van der Waals surface area contributed by atoms with E-state index in [-0.39, 0.29) is 18.9 Å². The fourth-order valence-corrected chi connectivity index (χ4v) is 4.54. The van der Waals surface area contributed by atoms with E-state index in [1.54, 1.807) is 23.5 Å². The Morgan fingerprint density at radius 2 is 1.76 bits per heavy atom. The van der Waals surface area contributed by atoms with Crippen molar-refractivity contribution in [3.05, 3.63) is 46.8 Å². The van der Waals surface area contributed by atoms with Gasteiger partial charge in [0.25, 0.3) is 5.91 Å². The van der Waals surface area contributed by atoms with Crippen LogP contribution < -0.4 is 5.32 Å². The number of amides is 1. The first-order chi connectivity index (χ1) is 11.7. The van der Waals surface area contributed by atoms with E-state index in [1.807, 2.05) is 31.2 Å². The summed E-state index contributed by atoms with van der Waals surface area (Å²) < 4.78 is 23.1. The van der Waals surface area contributed by atoms with Gasteiger partial charge >= 0.3 is 0 Å². The Morgan fingerprint density at radius 1 is 1.12 bits per heavy atom. The third-order valence-electron chi connectivity index (χ3n) is 3.83. The van der Waals surface area contributed by atoms with Crippen LogP contribution in [0.3, 0.4) is 0 Å². The highest BCUT2D eigenvalue weighted by atomic mass is 32.2. The molecule has 1 amide bonds. The molecular formula is C18H21NO4S2. The number of carbonyl (C=O) groups excluding carboxylic acids is 2. The summed E-state index contributed by atoms with van der Waals surface area (Å²) in [4.78, 5) is 25.9. The molecule has 1 aromatic carbocycles. The van der Waals surface area contributed by atoms with Gasteiger partial charge in [-0.05, 0) is 50.1 Å². The fourth-order valence-electron chi connectivity index (χ4n) is 2.51. The summed E-state index contributed by atoms with van der Waals surface area (Å²) in [6.07, 6.45) is 1.11. The molecule has 2 rings (SSSR count). The Morgan fingerprint density at radius 3 is 2.24 bits per heavy atom. The van der Waals surface area contributed by atoms with Crippen LogP contribution in [0, 0.1) is 6.92 Å². The molecule has 2 aromatic rings. The van der Waals surface area contributed by atoms with Crippen LogP contribution in [0.1, 0.15) is 28.6 Å². The second kappa shape index (κ2) is 7.93. The van der Waals surface area contributed by atoms with Crippen molar-refractivity contribution in [2.75, 3.05) is 12.8 Å². The zero-order chi connectivity index (χ0) is 18.6. The normalized spacial score (nSPS) is 12.6. The number of aryl methyl sites for hydroxylation is 1. The molecule has 1 N–H and O–H groups in total. The van der Waals surface area contributed by atoms with Gasteiger partial charge in [0.15, 0.2) is 9.84 Å². The van der Waals surface area contributed by atoms with Crippen molar-refractivity contribution in [1.82, 2.24) is 5.32 Å². The average molecular weight is 380 g/mol. The Kier molecular flexibility index (Phi) is 6.13. The van der Waals surface area contributed by atoms with Crippen LogP contribution in [0.25, 0.3) is 10.4 Å². The third kappa shape index (κ3) is 5.24. The standard InChI is InChI=1S/C18H21NO4S2/c1-12-4-9-16(24-12)14-5-7-15(8-6-14)18(21)19-11-10-17(13(2)20)25(3,22)23/h4-9,17H,10-11H2,1-3H3,(H,19,21). The van der Waals surface area contributed by atoms with Gasteiger partial charge in [-0.15, -0.1) is 11.3 Å². The predicted octanol–water partition coefficient (Wildman–Crippen LogP) is 2.85. The summed E-state index contributed by atoms with van der Waals surface area (Å²) in [6, 6.07) is 11.3. The fraction of sp³-hybridized carbons (Fsp3) is 0.333. The number of Topliss-reactive ketones (excluding diaryl/α,β-unsaturated/α-hetero) is 1. The zero-order valence-corrected chi connectivity index (χ0v) is 16.0. The van der Waals surface area contributed by atoms with Crippen LogP contribution in [0.5, 0.6) is 0 Å². The lowest BCUT2D eigenvalue weighted by Crippen LogP contribution is -2.33. The number of ketones is 1. The molecule has 25 heavy (non-hydrogen) atoms. The van der Waals surface area contributed by atoms with E-state index < -0.39 is 20.9 Å². The summed E-state index contributed by atoms with van der Waals surface area (Å²) >= 11 is 1.69. The number of thiophene rings is 1. The quantitative estimate of drug-likeness (QED) is 0.802. The van der Waals surface area contributed by atoms with E-state index in [9.17, 15) is 18.0 Å². The molecule has 134 valence electrons. The lowest BCUT2D eigenvalue weighted by atomic mass is 10.1. The van der Waals surface area contributed by atoms with Gasteiger partial charge in [0.2, 0.25) is 0 Å². The molecule has 0 aliphatic rings. The first-order valence-electron chi connectivity index (χ1n) is 7.83. The smallest absolute Gasteiger partial charge is 0.251 e. The van der Waals surface area contributed by atoms with Gasteiger partial charge in [-0.25, -0.2) is 8.42 Å². The Balaban J connectivity index is 1.96. The second-order valence-electron chi connectivity index (χ2n) is 5.96. The molecule has 1 unspecified atom stereocenters. The highest BCUT2D eigenvalue weighted by molar-refractivity contribution is 7.92. The number of benzene rings is 1. The van der Waals surface area contributed by atoms with Crippen molar-refractivity contribution in [1.29, 1.82) is 0 Å². The maximum Gasteiger partial charge on any atom is 0.251 e. The van der Waals surface area contributed by atoms with Gasteiger partial charge in [-0.3, -0.25) is 9.59 Å². The Labute approximate surface area is 152 Å². The Bertz CT molecular complexity index is 867. The molecule has 7 heteroatoms. The summed E-state index contributed by atoms with van der Waals surface area (Å²) in [6.45, 7) is 3.42. The SMILES string of the molecule is CC(=O)C(CCNC(=O)c1ccc(-c2ccc(C)s2)cc1)S(C)(=O)=O. The van der Waals surface area contributed by atoms with Crippen LogP contribution in [-0.2, 0) is 14.6 Å². The van der Waals surface area contributed by atoms with Crippen LogP contribution in [-0.4, -0.2) is 38.2 Å². The highest BCUT2D eigenvalue weighted by Gasteiger charge is 2.25. The lowest BCUT2D eigenvalue weighted by Gasteiger charge is -2.12. The number of rotatable bonds is 7. The third-order valence-corrected chi connectivity index (χ3v) is 6.49. The van der Waals surface area contributed by atoms with Crippen molar-refractivity contribution in [3.63, 3.8) is 0 Å². The topological polar surface area (TPSA) is 80.3 Å². The van der Waals surface area contributed by atoms with Crippen LogP contribution in [0.15, 0.2) is 36.4 Å². The highest BCUT2D eigenvalue weighted by Crippen LogP contribution is 2.27. The van der Waals surface area contributed by atoms with E-state index in [0.29, 0.717) is 5.56 Å². The number of hydrogen-bond acceptors (Lipinski definition) is 5. The number of carbonyl (C=O) groups is 2. The number of hydrogen-bond donors (Lipinski definition) is 1. The largest absolute Gasteiger partial charge is 0.352 e. The molecule has 1 atom stereocenters. The van der Waals surface area contributed by atoms with Crippen molar-refractivity contribution in [2.24, 2.45) is 0 Å². The molecule has 0 saturated heterocycles. The molecule has 0 aliphatic carbocycles. The predicted molar refractivity (Wildman–Crippen MR) is 101 cm³/mol. The first kappa shape index (κ1) is 19.3. The van der Waals surface area contributed by atoms with E-state index in [1.165, 1.54) is 11.8 Å². The molecule has 1 heterocycles. The van der Waals surface area contributed by atoms with E-state index in [4.69, 9.17) is 0 Å². The van der Waals surface area contributed by atoms with E-state index in [0.717, 1.165) is 16.7 Å². The van der Waals surface area contributed by atoms with Crippen LogP contribution in [0.2, 0.25) is 0 Å².